The molecule has 4 heteroatoms. The quantitative estimate of drug-likeness (QED) is 0.449. The Morgan fingerprint density at radius 1 is 1.16 bits per heavy atom. The fourth-order valence-corrected chi connectivity index (χ4v) is 3.20. The molecule has 2 aromatic rings. The Bertz CT molecular complexity index is 875. The van der Waals surface area contributed by atoms with Gasteiger partial charge in [-0.2, -0.15) is 0 Å². The van der Waals surface area contributed by atoms with Crippen molar-refractivity contribution in [1.82, 2.24) is 4.98 Å². The van der Waals surface area contributed by atoms with Gasteiger partial charge in [0, 0.05) is 30.2 Å². The molecule has 1 heterocycles. The van der Waals surface area contributed by atoms with Crippen LogP contribution in [0, 0.1) is 0 Å². The third-order valence-electron chi connectivity index (χ3n) is 5.03. The average Bonchev–Trinajstić information content (AvgIpc) is 2.79. The summed E-state index contributed by atoms with van der Waals surface area (Å²) in [6.45, 7) is 16.1. The maximum atomic E-state index is 8.00. The lowest BCUT2D eigenvalue weighted by Crippen LogP contribution is -2.24. The number of carbonyl (C=O) groups is 1. The molecule has 0 spiro atoms. The van der Waals surface area contributed by atoms with Gasteiger partial charge in [0.15, 0.2) is 0 Å². The van der Waals surface area contributed by atoms with E-state index in [1.807, 2.05) is 39.1 Å². The van der Waals surface area contributed by atoms with Gasteiger partial charge in [0.2, 0.25) is 5.88 Å². The monoisotopic (exact) mass is 420 g/mol. The van der Waals surface area contributed by atoms with Crippen molar-refractivity contribution in [1.29, 1.82) is 0 Å². The zero-order valence-corrected chi connectivity index (χ0v) is 19.6. The molecule has 0 unspecified atom stereocenters. The van der Waals surface area contributed by atoms with Gasteiger partial charge in [0.1, 0.15) is 12.9 Å². The first-order valence-electron chi connectivity index (χ1n) is 11.0. The largest absolute Gasteiger partial charge is 0.474 e. The average molecular weight is 421 g/mol. The Kier molecular flexibility index (Phi) is 11.8. The van der Waals surface area contributed by atoms with E-state index in [0.717, 1.165) is 36.3 Å². The number of benzene rings is 1. The van der Waals surface area contributed by atoms with Crippen LogP contribution in [0.1, 0.15) is 65.0 Å². The van der Waals surface area contributed by atoms with Crippen LogP contribution in [-0.2, 0) is 11.2 Å². The van der Waals surface area contributed by atoms with Gasteiger partial charge in [-0.05, 0) is 67.9 Å². The summed E-state index contributed by atoms with van der Waals surface area (Å²) in [5.41, 5.74) is 7.20. The normalized spacial score (nSPS) is 12.5. The van der Waals surface area contributed by atoms with Crippen LogP contribution in [0.4, 0.5) is 0 Å². The van der Waals surface area contributed by atoms with Crippen molar-refractivity contribution in [2.24, 2.45) is 4.99 Å². The number of aryl methyl sites for hydroxylation is 1. The molecule has 4 nitrogen and oxygen atoms in total. The van der Waals surface area contributed by atoms with Crippen LogP contribution >= 0.6 is 0 Å². The highest BCUT2D eigenvalue weighted by atomic mass is 16.5. The van der Waals surface area contributed by atoms with Crippen molar-refractivity contribution in [3.05, 3.63) is 66.0 Å². The molecular weight excluding hydrogens is 384 g/mol. The summed E-state index contributed by atoms with van der Waals surface area (Å²) in [5.74, 6) is 0.725. The standard InChI is InChI=1S/C24H28N2O.C2H6.CH2O/c1-5-18-14-19(10-12-22(18)23(17(3)4)16-25-6-2)20-11-13-24(26-15-20)27-21-8-7-9-21;2*1-2/h6,10-16,21H,2,5,7-9H2,1,3-4H3;1-2H3;1H2. The minimum atomic E-state index is 0.356. The van der Waals surface area contributed by atoms with Gasteiger partial charge < -0.3 is 9.53 Å². The van der Waals surface area contributed by atoms with Crippen molar-refractivity contribution < 1.29 is 9.53 Å². The van der Waals surface area contributed by atoms with Gasteiger partial charge in [-0.3, -0.25) is 4.99 Å². The Labute approximate surface area is 187 Å². The highest BCUT2D eigenvalue weighted by Crippen LogP contribution is 2.29. The summed E-state index contributed by atoms with van der Waals surface area (Å²) in [6, 6.07) is 10.7. The Morgan fingerprint density at radius 3 is 2.32 bits per heavy atom. The van der Waals surface area contributed by atoms with Crippen LogP contribution in [0.2, 0.25) is 0 Å². The number of ether oxygens (including phenoxy) is 1. The topological polar surface area (TPSA) is 51.6 Å². The molecule has 0 N–H and O–H groups in total. The first kappa shape index (κ1) is 26.0. The molecule has 166 valence electrons. The summed E-state index contributed by atoms with van der Waals surface area (Å²) in [6.07, 6.45) is 10.2. The molecule has 1 aromatic heterocycles. The molecule has 1 aromatic carbocycles. The lowest BCUT2D eigenvalue weighted by molar-refractivity contribution is -0.0979. The molecule has 0 radical (unpaired) electrons. The number of aromatic nitrogens is 1. The number of nitrogens with zero attached hydrogens (tertiary/aromatic N) is 2. The second-order valence-corrected chi connectivity index (χ2v) is 7.16. The minimum absolute atomic E-state index is 0.356. The van der Waals surface area contributed by atoms with Crippen LogP contribution in [0.15, 0.2) is 59.9 Å². The summed E-state index contributed by atoms with van der Waals surface area (Å²) in [5, 5.41) is 0. The van der Waals surface area contributed by atoms with Gasteiger partial charge in [0.05, 0.1) is 0 Å². The second-order valence-electron chi connectivity index (χ2n) is 7.16. The highest BCUT2D eigenvalue weighted by molar-refractivity contribution is 6.11. The SMILES string of the molecule is C=CN=CC(=C(C)C)c1ccc(-c2ccc(OC3CCC3)nc2)cc1CC.C=O.CC. The number of pyridine rings is 1. The maximum absolute atomic E-state index is 8.00. The molecule has 0 aliphatic heterocycles. The van der Waals surface area contributed by atoms with E-state index in [0.29, 0.717) is 6.10 Å². The maximum Gasteiger partial charge on any atom is 0.213 e. The number of allylic oxidation sites excluding steroid dienone is 2. The molecule has 0 bridgehead atoms. The molecule has 1 aliphatic rings. The lowest BCUT2D eigenvalue weighted by Gasteiger charge is -2.25. The Balaban J connectivity index is 0.00000113. The van der Waals surface area contributed by atoms with Gasteiger partial charge in [-0.15, -0.1) is 0 Å². The van der Waals surface area contributed by atoms with Crippen LogP contribution in [0.3, 0.4) is 0 Å². The van der Waals surface area contributed by atoms with E-state index in [1.54, 1.807) is 6.20 Å². The predicted molar refractivity (Wildman–Crippen MR) is 133 cm³/mol. The number of aliphatic imine (C=N–C) groups is 1. The predicted octanol–water partition coefficient (Wildman–Crippen LogP) is 7.09. The summed E-state index contributed by atoms with van der Waals surface area (Å²) >= 11 is 0. The smallest absolute Gasteiger partial charge is 0.213 e. The van der Waals surface area contributed by atoms with Gasteiger partial charge in [-0.25, -0.2) is 4.98 Å². The second kappa shape index (κ2) is 14.1. The van der Waals surface area contributed by atoms with E-state index in [2.05, 4.69) is 61.6 Å². The minimum Gasteiger partial charge on any atom is -0.474 e. The van der Waals surface area contributed by atoms with Crippen molar-refractivity contribution >= 4 is 18.6 Å². The molecule has 31 heavy (non-hydrogen) atoms. The van der Waals surface area contributed by atoms with Crippen molar-refractivity contribution in [3.8, 4) is 17.0 Å². The zero-order chi connectivity index (χ0) is 23.2. The van der Waals surface area contributed by atoms with E-state index in [9.17, 15) is 0 Å². The van der Waals surface area contributed by atoms with Gasteiger partial charge in [-0.1, -0.05) is 51.1 Å². The fraction of sp³-hybridized carbons (Fsp3) is 0.370. The summed E-state index contributed by atoms with van der Waals surface area (Å²) < 4.78 is 5.86. The molecule has 1 aliphatic carbocycles. The molecule has 3 rings (SSSR count). The zero-order valence-electron chi connectivity index (χ0n) is 19.6. The van der Waals surface area contributed by atoms with E-state index < -0.39 is 0 Å². The van der Waals surface area contributed by atoms with Crippen LogP contribution in [-0.4, -0.2) is 24.1 Å². The number of hydrogen-bond acceptors (Lipinski definition) is 4. The first-order valence-corrected chi connectivity index (χ1v) is 11.0. The molecule has 1 fully saturated rings. The highest BCUT2D eigenvalue weighted by Gasteiger charge is 2.19. The number of carbonyl (C=O) groups excluding carboxylic acids is 1. The van der Waals surface area contributed by atoms with E-state index in [1.165, 1.54) is 28.7 Å². The molecule has 0 amide bonds. The molecule has 1 saturated carbocycles. The third-order valence-corrected chi connectivity index (χ3v) is 5.03. The third kappa shape index (κ3) is 7.32. The van der Waals surface area contributed by atoms with Crippen LogP contribution in [0.25, 0.3) is 16.7 Å². The molecule has 0 saturated heterocycles. The van der Waals surface area contributed by atoms with Crippen LogP contribution < -0.4 is 4.74 Å². The van der Waals surface area contributed by atoms with Gasteiger partial charge >= 0.3 is 0 Å². The van der Waals surface area contributed by atoms with Crippen molar-refractivity contribution in [2.75, 3.05) is 0 Å². The lowest BCUT2D eigenvalue weighted by atomic mass is 9.92. The van der Waals surface area contributed by atoms with E-state index in [-0.39, 0.29) is 0 Å². The fourth-order valence-electron chi connectivity index (χ4n) is 3.20. The summed E-state index contributed by atoms with van der Waals surface area (Å²) in [4.78, 5) is 16.7. The van der Waals surface area contributed by atoms with E-state index >= 15 is 0 Å². The number of rotatable bonds is 7. The number of hydrogen-bond donors (Lipinski definition) is 0. The Morgan fingerprint density at radius 2 is 1.84 bits per heavy atom. The van der Waals surface area contributed by atoms with E-state index in [4.69, 9.17) is 9.53 Å². The molecular formula is C27H36N2O2. The first-order chi connectivity index (χ1) is 15.1. The summed E-state index contributed by atoms with van der Waals surface area (Å²) in [7, 11) is 0. The van der Waals surface area contributed by atoms with Crippen molar-refractivity contribution in [3.63, 3.8) is 0 Å². The Hall–Kier alpha value is -3.01. The van der Waals surface area contributed by atoms with Gasteiger partial charge in [0.25, 0.3) is 0 Å². The van der Waals surface area contributed by atoms with Crippen LogP contribution in [0.5, 0.6) is 5.88 Å². The van der Waals surface area contributed by atoms with Crippen molar-refractivity contribution in [2.45, 2.75) is 66.4 Å². The molecule has 0 atom stereocenters.